The van der Waals surface area contributed by atoms with Crippen LogP contribution >= 0.6 is 0 Å². The number of carbonyl (C=O) groups is 2. The minimum absolute atomic E-state index is 0.104. The minimum atomic E-state index is -0.754. The van der Waals surface area contributed by atoms with Crippen molar-refractivity contribution in [1.82, 2.24) is 10.6 Å². The maximum Gasteiger partial charge on any atom is 0.312 e. The number of rotatable bonds is 8. The van der Waals surface area contributed by atoms with Crippen molar-refractivity contribution in [1.29, 1.82) is 0 Å². The average molecular weight is 495 g/mol. The summed E-state index contributed by atoms with van der Waals surface area (Å²) in [6.45, 7) is 25.2. The first-order chi connectivity index (χ1) is 15.7. The van der Waals surface area contributed by atoms with Gasteiger partial charge in [0.2, 0.25) is 0 Å². The highest BCUT2D eigenvalue weighted by Gasteiger charge is 2.48. The molecule has 2 N–H and O–H groups in total. The van der Waals surface area contributed by atoms with Gasteiger partial charge in [0.25, 0.3) is 0 Å². The standard InChI is InChI=1S/C29H54N2O4/c1-13-28(11,22(32)34-20-15-24(3,4)30-25(5,6)16-20)19-29(12,14-2)23(33)35-21-17-26(7,8)31-27(9,10)18-21/h20-21,30-31H,13-19H2,1-12H3. The van der Waals surface area contributed by atoms with E-state index in [1.54, 1.807) is 0 Å². The Bertz CT molecular complexity index is 692. The lowest BCUT2D eigenvalue weighted by Crippen LogP contribution is -2.60. The van der Waals surface area contributed by atoms with E-state index in [9.17, 15) is 9.59 Å². The van der Waals surface area contributed by atoms with Crippen LogP contribution in [0, 0.1) is 10.8 Å². The summed E-state index contributed by atoms with van der Waals surface area (Å²) in [5.74, 6) is -0.398. The minimum Gasteiger partial charge on any atom is -0.462 e. The second-order valence-electron chi connectivity index (χ2n) is 14.7. The molecule has 0 aromatic carbocycles. The lowest BCUT2D eigenvalue weighted by Gasteiger charge is -2.47. The van der Waals surface area contributed by atoms with Crippen LogP contribution in [0.3, 0.4) is 0 Å². The van der Waals surface area contributed by atoms with Crippen LogP contribution in [-0.4, -0.2) is 46.3 Å². The van der Waals surface area contributed by atoms with Gasteiger partial charge in [0.1, 0.15) is 12.2 Å². The van der Waals surface area contributed by atoms with E-state index in [4.69, 9.17) is 9.47 Å². The third-order valence-electron chi connectivity index (χ3n) is 8.18. The molecule has 2 unspecified atom stereocenters. The summed E-state index contributed by atoms with van der Waals surface area (Å²) in [7, 11) is 0. The summed E-state index contributed by atoms with van der Waals surface area (Å²) < 4.78 is 12.3. The monoisotopic (exact) mass is 494 g/mol. The molecule has 0 aliphatic carbocycles. The smallest absolute Gasteiger partial charge is 0.312 e. The van der Waals surface area contributed by atoms with Crippen LogP contribution in [0.5, 0.6) is 0 Å². The second kappa shape index (κ2) is 9.96. The van der Waals surface area contributed by atoms with Gasteiger partial charge in [-0.2, -0.15) is 0 Å². The van der Waals surface area contributed by atoms with Gasteiger partial charge in [0.15, 0.2) is 0 Å². The van der Waals surface area contributed by atoms with E-state index in [0.29, 0.717) is 19.3 Å². The number of hydrogen-bond acceptors (Lipinski definition) is 6. The Kier molecular flexibility index (Phi) is 8.56. The highest BCUT2D eigenvalue weighted by Crippen LogP contribution is 2.43. The first kappa shape index (κ1) is 30.1. The molecule has 35 heavy (non-hydrogen) atoms. The van der Waals surface area contributed by atoms with Gasteiger partial charge >= 0.3 is 11.9 Å². The van der Waals surface area contributed by atoms with E-state index in [0.717, 1.165) is 25.7 Å². The number of nitrogens with one attached hydrogen (secondary N) is 2. The van der Waals surface area contributed by atoms with E-state index in [2.05, 4.69) is 66.0 Å². The molecule has 2 rings (SSSR count). The van der Waals surface area contributed by atoms with Gasteiger partial charge in [0.05, 0.1) is 10.8 Å². The van der Waals surface area contributed by atoms with Crippen LogP contribution in [0.1, 0.15) is 128 Å². The van der Waals surface area contributed by atoms with E-state index in [1.807, 2.05) is 27.7 Å². The van der Waals surface area contributed by atoms with Crippen molar-refractivity contribution in [2.75, 3.05) is 0 Å². The molecule has 2 fully saturated rings. The highest BCUT2D eigenvalue weighted by atomic mass is 16.6. The SMILES string of the molecule is CCC(C)(CC(C)(CC)C(=O)OC1CC(C)(C)NC(C)(C)C1)C(=O)OC1CC(C)(C)NC(C)(C)C1. The maximum atomic E-state index is 13.6. The van der Waals surface area contributed by atoms with Crippen molar-refractivity contribution in [2.45, 2.75) is 162 Å². The fourth-order valence-electron chi connectivity index (χ4n) is 6.76. The molecular formula is C29H54N2O4. The summed E-state index contributed by atoms with van der Waals surface area (Å²) >= 11 is 0. The molecule has 0 aromatic rings. The van der Waals surface area contributed by atoms with Crippen molar-refractivity contribution in [3.8, 4) is 0 Å². The van der Waals surface area contributed by atoms with Crippen molar-refractivity contribution < 1.29 is 19.1 Å². The predicted molar refractivity (Wildman–Crippen MR) is 142 cm³/mol. The Morgan fingerprint density at radius 3 is 1.14 bits per heavy atom. The summed E-state index contributed by atoms with van der Waals surface area (Å²) in [5, 5.41) is 7.29. The summed E-state index contributed by atoms with van der Waals surface area (Å²) in [6.07, 6.45) is 4.46. The third-order valence-corrected chi connectivity index (χ3v) is 8.18. The molecule has 204 valence electrons. The molecule has 0 bridgehead atoms. The molecule has 6 heteroatoms. The molecule has 0 aromatic heterocycles. The zero-order valence-corrected chi connectivity index (χ0v) is 24.7. The predicted octanol–water partition coefficient (Wildman–Crippen LogP) is 5.91. The fraction of sp³-hybridized carbons (Fsp3) is 0.931. The third kappa shape index (κ3) is 7.92. The molecule has 2 aliphatic rings. The lowest BCUT2D eigenvalue weighted by atomic mass is 9.70. The van der Waals surface area contributed by atoms with Gasteiger partial charge in [-0.15, -0.1) is 0 Å². The van der Waals surface area contributed by atoms with Gasteiger partial charge in [0, 0.05) is 47.8 Å². The first-order valence-electron chi connectivity index (χ1n) is 13.7. The van der Waals surface area contributed by atoms with Crippen LogP contribution in [0.15, 0.2) is 0 Å². The molecule has 6 nitrogen and oxygen atoms in total. The van der Waals surface area contributed by atoms with Crippen molar-refractivity contribution in [3.63, 3.8) is 0 Å². The van der Waals surface area contributed by atoms with Crippen LogP contribution in [0.25, 0.3) is 0 Å². The summed E-state index contributed by atoms with van der Waals surface area (Å²) in [6, 6.07) is 0. The molecular weight excluding hydrogens is 440 g/mol. The van der Waals surface area contributed by atoms with E-state index < -0.39 is 10.8 Å². The molecule has 0 saturated carbocycles. The zero-order chi connectivity index (χ0) is 27.1. The Hall–Kier alpha value is -1.14. The van der Waals surface area contributed by atoms with E-state index >= 15 is 0 Å². The molecule has 2 saturated heterocycles. The van der Waals surface area contributed by atoms with Crippen LogP contribution < -0.4 is 10.6 Å². The fourth-order valence-corrected chi connectivity index (χ4v) is 6.76. The number of piperidine rings is 2. The molecule has 0 radical (unpaired) electrons. The van der Waals surface area contributed by atoms with Crippen molar-refractivity contribution in [2.24, 2.45) is 10.8 Å². The number of esters is 2. The molecule has 2 atom stereocenters. The average Bonchev–Trinajstić information content (AvgIpc) is 2.62. The largest absolute Gasteiger partial charge is 0.462 e. The van der Waals surface area contributed by atoms with Crippen molar-refractivity contribution >= 4 is 11.9 Å². The first-order valence-corrected chi connectivity index (χ1v) is 13.7. The number of carbonyl (C=O) groups excluding carboxylic acids is 2. The Labute approximate surface area is 215 Å². The number of hydrogen-bond donors (Lipinski definition) is 2. The lowest BCUT2D eigenvalue weighted by molar-refractivity contribution is -0.174. The quantitative estimate of drug-likeness (QED) is 0.408. The normalized spacial score (nSPS) is 27.3. The van der Waals surface area contributed by atoms with Crippen molar-refractivity contribution in [3.05, 3.63) is 0 Å². The second-order valence-corrected chi connectivity index (χ2v) is 14.7. The van der Waals surface area contributed by atoms with Gasteiger partial charge < -0.3 is 20.1 Å². The van der Waals surface area contributed by atoms with Crippen LogP contribution in [-0.2, 0) is 19.1 Å². The summed E-state index contributed by atoms with van der Waals surface area (Å²) in [5.41, 5.74) is -1.92. The number of ether oxygens (including phenoxy) is 2. The molecule has 2 heterocycles. The van der Waals surface area contributed by atoms with Crippen LogP contribution in [0.4, 0.5) is 0 Å². The Morgan fingerprint density at radius 2 is 0.914 bits per heavy atom. The van der Waals surface area contributed by atoms with Gasteiger partial charge in [-0.05, 0) is 88.5 Å². The van der Waals surface area contributed by atoms with E-state index in [1.165, 1.54) is 0 Å². The molecule has 0 spiro atoms. The Morgan fingerprint density at radius 1 is 0.657 bits per heavy atom. The maximum absolute atomic E-state index is 13.6. The zero-order valence-electron chi connectivity index (χ0n) is 24.7. The highest BCUT2D eigenvalue weighted by molar-refractivity contribution is 5.81. The van der Waals surface area contributed by atoms with Gasteiger partial charge in [-0.3, -0.25) is 9.59 Å². The Balaban J connectivity index is 2.14. The van der Waals surface area contributed by atoms with Gasteiger partial charge in [-0.25, -0.2) is 0 Å². The molecule has 0 amide bonds. The summed E-state index contributed by atoms with van der Waals surface area (Å²) in [4.78, 5) is 27.1. The molecule has 2 aliphatic heterocycles. The van der Waals surface area contributed by atoms with E-state index in [-0.39, 0.29) is 46.3 Å². The topological polar surface area (TPSA) is 76.7 Å². The van der Waals surface area contributed by atoms with Gasteiger partial charge in [-0.1, -0.05) is 13.8 Å². The van der Waals surface area contributed by atoms with Crippen LogP contribution in [0.2, 0.25) is 0 Å².